The molecule has 2 unspecified atom stereocenters. The number of sulfonamides is 1. The maximum absolute atomic E-state index is 13.0. The summed E-state index contributed by atoms with van der Waals surface area (Å²) in [5, 5.41) is 5.71. The fraction of sp³-hybridized carbons (Fsp3) is 0.524. The first-order chi connectivity index (χ1) is 14.3. The topological polar surface area (TPSA) is 105 Å². The number of piperidine rings is 1. The van der Waals surface area contributed by atoms with E-state index in [4.69, 9.17) is 4.74 Å². The number of hydrogen-bond acceptors (Lipinski definition) is 5. The van der Waals surface area contributed by atoms with Crippen LogP contribution in [0.1, 0.15) is 26.2 Å². The van der Waals surface area contributed by atoms with Crippen molar-refractivity contribution in [1.82, 2.24) is 9.62 Å². The van der Waals surface area contributed by atoms with E-state index in [0.29, 0.717) is 51.3 Å². The molecule has 0 saturated carbocycles. The number of benzene rings is 1. The maximum Gasteiger partial charge on any atom is 0.243 e. The van der Waals surface area contributed by atoms with E-state index in [1.54, 1.807) is 12.1 Å². The van der Waals surface area contributed by atoms with Gasteiger partial charge in [0.25, 0.3) is 0 Å². The molecular formula is C21H29N3O5S. The summed E-state index contributed by atoms with van der Waals surface area (Å²) in [6, 6.07) is 6.19. The van der Waals surface area contributed by atoms with E-state index in [1.165, 1.54) is 22.5 Å². The number of hydrogen-bond donors (Lipinski definition) is 2. The molecule has 30 heavy (non-hydrogen) atoms. The molecule has 1 aromatic carbocycles. The fourth-order valence-electron chi connectivity index (χ4n) is 3.85. The first-order valence-electron chi connectivity index (χ1n) is 10.2. The normalized spacial score (nSPS) is 23.5. The number of nitrogens with zero attached hydrogens (tertiary/aromatic N) is 1. The number of carbonyl (C=O) groups is 2. The van der Waals surface area contributed by atoms with Gasteiger partial charge in [-0.05, 0) is 55.5 Å². The SMILES string of the molecule is C=CC(=O)NC1CCN(S(=O)(=O)c2ccc(NC(=O)C3CCOCC3)cc2)CC1C. The van der Waals surface area contributed by atoms with Crippen molar-refractivity contribution in [2.45, 2.75) is 37.1 Å². The van der Waals surface area contributed by atoms with Gasteiger partial charge in [0.15, 0.2) is 0 Å². The third-order valence-electron chi connectivity index (χ3n) is 5.73. The third-order valence-corrected chi connectivity index (χ3v) is 7.61. The van der Waals surface area contributed by atoms with Crippen LogP contribution < -0.4 is 10.6 Å². The van der Waals surface area contributed by atoms with Crippen molar-refractivity contribution < 1.29 is 22.7 Å². The molecule has 8 nitrogen and oxygen atoms in total. The van der Waals surface area contributed by atoms with Gasteiger partial charge in [-0.15, -0.1) is 0 Å². The minimum atomic E-state index is -3.65. The van der Waals surface area contributed by atoms with Crippen molar-refractivity contribution >= 4 is 27.5 Å². The van der Waals surface area contributed by atoms with E-state index < -0.39 is 10.0 Å². The van der Waals surface area contributed by atoms with Crippen molar-refractivity contribution in [3.8, 4) is 0 Å². The number of carbonyl (C=O) groups excluding carboxylic acids is 2. The van der Waals surface area contributed by atoms with Crippen LogP contribution in [0.5, 0.6) is 0 Å². The van der Waals surface area contributed by atoms with Gasteiger partial charge < -0.3 is 15.4 Å². The minimum Gasteiger partial charge on any atom is -0.381 e. The third kappa shape index (κ3) is 5.27. The van der Waals surface area contributed by atoms with Crippen molar-refractivity contribution in [3.63, 3.8) is 0 Å². The Morgan fingerprint density at radius 2 is 1.83 bits per heavy atom. The Morgan fingerprint density at radius 1 is 1.17 bits per heavy atom. The summed E-state index contributed by atoms with van der Waals surface area (Å²) in [5.74, 6) is -0.407. The van der Waals surface area contributed by atoms with Gasteiger partial charge >= 0.3 is 0 Å². The highest BCUT2D eigenvalue weighted by atomic mass is 32.2. The summed E-state index contributed by atoms with van der Waals surface area (Å²) in [4.78, 5) is 24.1. The number of nitrogens with one attached hydrogen (secondary N) is 2. The summed E-state index contributed by atoms with van der Waals surface area (Å²) in [6.07, 6.45) is 3.15. The van der Waals surface area contributed by atoms with Gasteiger partial charge in [-0.2, -0.15) is 4.31 Å². The van der Waals surface area contributed by atoms with Gasteiger partial charge in [0.2, 0.25) is 21.8 Å². The van der Waals surface area contributed by atoms with Gasteiger partial charge in [0.1, 0.15) is 0 Å². The lowest BCUT2D eigenvalue weighted by atomic mass is 9.95. The van der Waals surface area contributed by atoms with Crippen LogP contribution >= 0.6 is 0 Å². The van der Waals surface area contributed by atoms with Crippen molar-refractivity contribution in [2.75, 3.05) is 31.6 Å². The van der Waals surface area contributed by atoms with Gasteiger partial charge in [-0.3, -0.25) is 9.59 Å². The molecule has 2 heterocycles. The Labute approximate surface area is 177 Å². The van der Waals surface area contributed by atoms with Crippen LogP contribution in [-0.2, 0) is 24.3 Å². The van der Waals surface area contributed by atoms with Gasteiger partial charge in [-0.1, -0.05) is 13.5 Å². The van der Waals surface area contributed by atoms with E-state index in [1.807, 2.05) is 6.92 Å². The molecule has 2 amide bonds. The van der Waals surface area contributed by atoms with Crippen LogP contribution in [0.4, 0.5) is 5.69 Å². The first kappa shape index (κ1) is 22.5. The molecule has 2 N–H and O–H groups in total. The number of ether oxygens (including phenoxy) is 1. The van der Waals surface area contributed by atoms with Crippen molar-refractivity contribution in [1.29, 1.82) is 0 Å². The van der Waals surface area contributed by atoms with Crippen LogP contribution in [0.2, 0.25) is 0 Å². The molecule has 0 spiro atoms. The van der Waals surface area contributed by atoms with Crippen LogP contribution in [0.15, 0.2) is 41.8 Å². The Bertz CT molecular complexity index is 878. The van der Waals surface area contributed by atoms with E-state index in [2.05, 4.69) is 17.2 Å². The predicted octanol–water partition coefficient (Wildman–Crippen LogP) is 1.75. The number of rotatable bonds is 6. The maximum atomic E-state index is 13.0. The average Bonchev–Trinajstić information content (AvgIpc) is 2.76. The second-order valence-electron chi connectivity index (χ2n) is 7.85. The molecule has 0 aromatic heterocycles. The molecule has 0 bridgehead atoms. The fourth-order valence-corrected chi connectivity index (χ4v) is 5.40. The molecular weight excluding hydrogens is 406 g/mol. The Balaban J connectivity index is 1.61. The predicted molar refractivity (Wildman–Crippen MR) is 113 cm³/mol. The summed E-state index contributed by atoms with van der Waals surface area (Å²) in [6.45, 7) is 7.19. The molecule has 9 heteroatoms. The van der Waals surface area contributed by atoms with Crippen LogP contribution in [-0.4, -0.2) is 56.9 Å². The quantitative estimate of drug-likeness (QED) is 0.663. The lowest BCUT2D eigenvalue weighted by Crippen LogP contribution is -2.51. The standard InChI is InChI=1S/C21H29N3O5S/c1-3-20(25)23-19-8-11-24(14-15(19)2)30(27,28)18-6-4-17(5-7-18)22-21(26)16-9-12-29-13-10-16/h3-7,15-16,19H,1,8-14H2,2H3,(H,22,26)(H,23,25). The van der Waals surface area contributed by atoms with E-state index in [0.717, 1.165) is 0 Å². The molecule has 2 saturated heterocycles. The van der Waals surface area contributed by atoms with Gasteiger partial charge in [-0.25, -0.2) is 8.42 Å². The Morgan fingerprint density at radius 3 is 2.43 bits per heavy atom. The van der Waals surface area contributed by atoms with Crippen LogP contribution in [0, 0.1) is 11.8 Å². The second kappa shape index (κ2) is 9.72. The van der Waals surface area contributed by atoms with E-state index in [-0.39, 0.29) is 34.6 Å². The molecule has 2 aliphatic heterocycles. The second-order valence-corrected chi connectivity index (χ2v) is 9.79. The van der Waals surface area contributed by atoms with Crippen LogP contribution in [0.3, 0.4) is 0 Å². The summed E-state index contributed by atoms with van der Waals surface area (Å²) < 4.78 is 32.8. The highest BCUT2D eigenvalue weighted by molar-refractivity contribution is 7.89. The number of amides is 2. The minimum absolute atomic E-state index is 0.0181. The van der Waals surface area contributed by atoms with E-state index in [9.17, 15) is 18.0 Å². The van der Waals surface area contributed by atoms with Crippen molar-refractivity contribution in [2.24, 2.45) is 11.8 Å². The lowest BCUT2D eigenvalue weighted by molar-refractivity contribution is -0.122. The van der Waals surface area contributed by atoms with Gasteiger partial charge in [0, 0.05) is 44.0 Å². The Kier molecular flexibility index (Phi) is 7.27. The molecule has 2 fully saturated rings. The zero-order valence-electron chi connectivity index (χ0n) is 17.2. The summed E-state index contributed by atoms with van der Waals surface area (Å²) in [5.41, 5.74) is 0.574. The highest BCUT2D eigenvalue weighted by Gasteiger charge is 2.34. The smallest absolute Gasteiger partial charge is 0.243 e. The summed E-state index contributed by atoms with van der Waals surface area (Å²) >= 11 is 0. The lowest BCUT2D eigenvalue weighted by Gasteiger charge is -2.36. The summed E-state index contributed by atoms with van der Waals surface area (Å²) in [7, 11) is -3.65. The zero-order chi connectivity index (χ0) is 21.7. The van der Waals surface area contributed by atoms with Crippen LogP contribution in [0.25, 0.3) is 0 Å². The molecule has 164 valence electrons. The molecule has 3 rings (SSSR count). The zero-order valence-corrected chi connectivity index (χ0v) is 18.0. The first-order valence-corrected chi connectivity index (χ1v) is 11.7. The number of anilines is 1. The highest BCUT2D eigenvalue weighted by Crippen LogP contribution is 2.25. The molecule has 0 radical (unpaired) electrons. The largest absolute Gasteiger partial charge is 0.381 e. The molecule has 0 aliphatic carbocycles. The van der Waals surface area contributed by atoms with Gasteiger partial charge in [0.05, 0.1) is 4.90 Å². The molecule has 2 aliphatic rings. The molecule has 2 atom stereocenters. The van der Waals surface area contributed by atoms with E-state index >= 15 is 0 Å². The molecule has 1 aromatic rings. The average molecular weight is 436 g/mol. The monoisotopic (exact) mass is 435 g/mol. The Hall–Kier alpha value is -2.23. The van der Waals surface area contributed by atoms with Crippen molar-refractivity contribution in [3.05, 3.63) is 36.9 Å².